The summed E-state index contributed by atoms with van der Waals surface area (Å²) >= 11 is 0. The van der Waals surface area contributed by atoms with Crippen molar-refractivity contribution in [3.8, 4) is 0 Å². The van der Waals surface area contributed by atoms with Gasteiger partial charge in [-0.2, -0.15) is 0 Å². The van der Waals surface area contributed by atoms with Crippen molar-refractivity contribution in [1.82, 2.24) is 15.5 Å². The number of carbonyl (C=O) groups excluding carboxylic acids is 2. The van der Waals surface area contributed by atoms with E-state index in [4.69, 9.17) is 0 Å². The molecule has 0 spiro atoms. The van der Waals surface area contributed by atoms with Gasteiger partial charge in [-0.05, 0) is 61.7 Å². The summed E-state index contributed by atoms with van der Waals surface area (Å²) in [6.45, 7) is 6.80. The highest BCUT2D eigenvalue weighted by molar-refractivity contribution is 5.83. The van der Waals surface area contributed by atoms with E-state index in [9.17, 15) is 9.59 Å². The fraction of sp³-hybridized carbons (Fsp3) is 0.478. The molecule has 1 atom stereocenters. The minimum atomic E-state index is -0.0329. The van der Waals surface area contributed by atoms with Crippen LogP contribution in [0.4, 0.5) is 0 Å². The Bertz CT molecular complexity index is 812. The Hall–Kier alpha value is -2.40. The first-order valence-electron chi connectivity index (χ1n) is 10.3. The standard InChI is InChI=1S/C23H31N3O2/c1-3-12-24-23(28)19-10-13-26(14-11-19)16-22(27)25-17(2)20-9-8-18-6-4-5-7-21(18)15-20/h4-9,15,17,19H,3,10-14,16H2,1-2H3,(H,24,28)(H,25,27). The summed E-state index contributed by atoms with van der Waals surface area (Å²) in [7, 11) is 0. The van der Waals surface area contributed by atoms with E-state index in [1.165, 1.54) is 10.8 Å². The lowest BCUT2D eigenvalue weighted by Gasteiger charge is -2.31. The molecule has 0 aliphatic carbocycles. The molecule has 1 heterocycles. The van der Waals surface area contributed by atoms with Crippen molar-refractivity contribution in [2.24, 2.45) is 5.92 Å². The lowest BCUT2D eigenvalue weighted by molar-refractivity contribution is -0.126. The number of piperidine rings is 1. The van der Waals surface area contributed by atoms with E-state index >= 15 is 0 Å². The number of carbonyl (C=O) groups is 2. The van der Waals surface area contributed by atoms with Crippen molar-refractivity contribution in [1.29, 1.82) is 0 Å². The quantitative estimate of drug-likeness (QED) is 0.774. The summed E-state index contributed by atoms with van der Waals surface area (Å²) in [6, 6.07) is 14.5. The summed E-state index contributed by atoms with van der Waals surface area (Å²) in [5, 5.41) is 8.48. The van der Waals surface area contributed by atoms with E-state index in [0.29, 0.717) is 6.54 Å². The van der Waals surface area contributed by atoms with E-state index in [1.807, 2.05) is 19.1 Å². The molecule has 1 fully saturated rings. The highest BCUT2D eigenvalue weighted by Crippen LogP contribution is 2.21. The molecular weight excluding hydrogens is 350 g/mol. The molecule has 1 saturated heterocycles. The van der Waals surface area contributed by atoms with Gasteiger partial charge in [-0.3, -0.25) is 14.5 Å². The molecule has 0 aromatic heterocycles. The minimum Gasteiger partial charge on any atom is -0.356 e. The number of hydrogen-bond donors (Lipinski definition) is 2. The number of likely N-dealkylation sites (tertiary alicyclic amines) is 1. The van der Waals surface area contributed by atoms with Crippen molar-refractivity contribution >= 4 is 22.6 Å². The van der Waals surface area contributed by atoms with Crippen LogP contribution in [0.3, 0.4) is 0 Å². The summed E-state index contributed by atoms with van der Waals surface area (Å²) in [6.07, 6.45) is 2.60. The van der Waals surface area contributed by atoms with Crippen LogP contribution in [0.1, 0.15) is 44.7 Å². The van der Waals surface area contributed by atoms with Crippen molar-refractivity contribution < 1.29 is 9.59 Å². The zero-order valence-electron chi connectivity index (χ0n) is 16.9. The molecule has 0 bridgehead atoms. The number of fused-ring (bicyclic) bond motifs is 1. The van der Waals surface area contributed by atoms with Gasteiger partial charge in [-0.15, -0.1) is 0 Å². The third-order valence-corrected chi connectivity index (χ3v) is 5.53. The van der Waals surface area contributed by atoms with E-state index in [2.05, 4.69) is 52.8 Å². The Labute approximate surface area is 167 Å². The molecular formula is C23H31N3O2. The molecule has 1 unspecified atom stereocenters. The van der Waals surface area contributed by atoms with Gasteiger partial charge in [-0.1, -0.05) is 43.3 Å². The normalized spacial score (nSPS) is 16.6. The Morgan fingerprint density at radius 2 is 1.82 bits per heavy atom. The van der Waals surface area contributed by atoms with Gasteiger partial charge in [0.2, 0.25) is 11.8 Å². The van der Waals surface area contributed by atoms with Crippen molar-refractivity contribution in [2.75, 3.05) is 26.2 Å². The fourth-order valence-electron chi connectivity index (χ4n) is 3.80. The minimum absolute atomic E-state index is 0.0329. The first-order chi connectivity index (χ1) is 13.6. The van der Waals surface area contributed by atoms with Crippen LogP contribution in [0.5, 0.6) is 0 Å². The lowest BCUT2D eigenvalue weighted by atomic mass is 9.96. The van der Waals surface area contributed by atoms with Crippen LogP contribution in [0.15, 0.2) is 42.5 Å². The third-order valence-electron chi connectivity index (χ3n) is 5.53. The second-order valence-corrected chi connectivity index (χ2v) is 7.74. The zero-order valence-corrected chi connectivity index (χ0v) is 16.9. The molecule has 2 amide bonds. The number of nitrogens with zero attached hydrogens (tertiary/aromatic N) is 1. The second kappa shape index (κ2) is 9.69. The molecule has 2 aromatic carbocycles. The maximum Gasteiger partial charge on any atom is 0.234 e. The van der Waals surface area contributed by atoms with Crippen molar-refractivity contribution in [3.05, 3.63) is 48.0 Å². The predicted octanol–water partition coefficient (Wildman–Crippen LogP) is 3.26. The average molecular weight is 382 g/mol. The number of nitrogens with one attached hydrogen (secondary N) is 2. The Kier molecular flexibility index (Phi) is 7.04. The average Bonchev–Trinajstić information content (AvgIpc) is 2.72. The summed E-state index contributed by atoms with van der Waals surface area (Å²) in [5.41, 5.74) is 1.11. The number of hydrogen-bond acceptors (Lipinski definition) is 3. The van der Waals surface area contributed by atoms with Crippen LogP contribution in [-0.4, -0.2) is 42.9 Å². The topological polar surface area (TPSA) is 61.4 Å². The molecule has 1 aliphatic heterocycles. The molecule has 28 heavy (non-hydrogen) atoms. The van der Waals surface area contributed by atoms with E-state index < -0.39 is 0 Å². The van der Waals surface area contributed by atoms with Crippen LogP contribution < -0.4 is 10.6 Å². The maximum atomic E-state index is 12.5. The zero-order chi connectivity index (χ0) is 19.9. The Balaban J connectivity index is 1.47. The number of benzene rings is 2. The van der Waals surface area contributed by atoms with Gasteiger partial charge in [0.05, 0.1) is 12.6 Å². The van der Waals surface area contributed by atoms with Crippen LogP contribution >= 0.6 is 0 Å². The fourth-order valence-corrected chi connectivity index (χ4v) is 3.80. The van der Waals surface area contributed by atoms with Crippen molar-refractivity contribution in [3.63, 3.8) is 0 Å². The second-order valence-electron chi connectivity index (χ2n) is 7.74. The van der Waals surface area contributed by atoms with Crippen molar-refractivity contribution in [2.45, 2.75) is 39.2 Å². The molecule has 2 aromatic rings. The van der Waals surface area contributed by atoms with Crippen LogP contribution in [0, 0.1) is 5.92 Å². The van der Waals surface area contributed by atoms with E-state index in [1.54, 1.807) is 0 Å². The van der Waals surface area contributed by atoms with Crippen LogP contribution in [-0.2, 0) is 9.59 Å². The molecule has 1 aliphatic rings. The summed E-state index contributed by atoms with van der Waals surface area (Å²) in [5.74, 6) is 0.285. The van der Waals surface area contributed by atoms with Gasteiger partial charge in [0.25, 0.3) is 0 Å². The molecule has 5 heteroatoms. The van der Waals surface area contributed by atoms with Crippen LogP contribution in [0.25, 0.3) is 10.8 Å². The van der Waals surface area contributed by atoms with Gasteiger partial charge in [0, 0.05) is 12.5 Å². The monoisotopic (exact) mass is 381 g/mol. The molecule has 0 saturated carbocycles. The number of amides is 2. The smallest absolute Gasteiger partial charge is 0.234 e. The SMILES string of the molecule is CCCNC(=O)C1CCN(CC(=O)NC(C)c2ccc3ccccc3c2)CC1. The third kappa shape index (κ3) is 5.32. The van der Waals surface area contributed by atoms with Gasteiger partial charge >= 0.3 is 0 Å². The maximum absolute atomic E-state index is 12.5. The Morgan fingerprint density at radius 1 is 1.11 bits per heavy atom. The highest BCUT2D eigenvalue weighted by atomic mass is 16.2. The van der Waals surface area contributed by atoms with Gasteiger partial charge in [0.15, 0.2) is 0 Å². The lowest BCUT2D eigenvalue weighted by Crippen LogP contribution is -2.44. The largest absolute Gasteiger partial charge is 0.356 e. The number of rotatable bonds is 7. The molecule has 0 radical (unpaired) electrons. The first kappa shape index (κ1) is 20.3. The Morgan fingerprint density at radius 3 is 2.54 bits per heavy atom. The van der Waals surface area contributed by atoms with Gasteiger partial charge in [0.1, 0.15) is 0 Å². The molecule has 3 rings (SSSR count). The van der Waals surface area contributed by atoms with Crippen LogP contribution in [0.2, 0.25) is 0 Å². The molecule has 150 valence electrons. The summed E-state index contributed by atoms with van der Waals surface area (Å²) in [4.78, 5) is 26.7. The first-order valence-corrected chi connectivity index (χ1v) is 10.3. The van der Waals surface area contributed by atoms with Gasteiger partial charge in [-0.25, -0.2) is 0 Å². The summed E-state index contributed by atoms with van der Waals surface area (Å²) < 4.78 is 0. The highest BCUT2D eigenvalue weighted by Gasteiger charge is 2.25. The molecule has 2 N–H and O–H groups in total. The van der Waals surface area contributed by atoms with Gasteiger partial charge < -0.3 is 10.6 Å². The predicted molar refractivity (Wildman–Crippen MR) is 113 cm³/mol. The van der Waals surface area contributed by atoms with E-state index in [0.717, 1.165) is 44.5 Å². The molecule has 5 nitrogen and oxygen atoms in total. The van der Waals surface area contributed by atoms with E-state index in [-0.39, 0.29) is 23.8 Å².